The van der Waals surface area contributed by atoms with Crippen LogP contribution in [0.25, 0.3) is 0 Å². The Morgan fingerprint density at radius 2 is 1.73 bits per heavy atom. The van der Waals surface area contributed by atoms with Crippen molar-refractivity contribution in [1.29, 1.82) is 0 Å². The molecule has 2 aliphatic carbocycles. The van der Waals surface area contributed by atoms with E-state index in [9.17, 15) is 9.90 Å². The summed E-state index contributed by atoms with van der Waals surface area (Å²) in [6, 6.07) is 0. The average molecular weight is 308 g/mol. The summed E-state index contributed by atoms with van der Waals surface area (Å²) in [5, 5.41) is 10.3. The molecule has 1 unspecified atom stereocenters. The van der Waals surface area contributed by atoms with Crippen LogP contribution < -0.4 is 0 Å². The molecule has 0 aromatic carbocycles. The Kier molecular flexibility index (Phi) is 5.29. The molecular formula is C17H24O5. The van der Waals surface area contributed by atoms with Gasteiger partial charge >= 0.3 is 11.8 Å². The molecule has 22 heavy (non-hydrogen) atoms. The fourth-order valence-electron chi connectivity index (χ4n) is 2.42. The fourth-order valence-corrected chi connectivity index (χ4v) is 2.42. The zero-order valence-electron chi connectivity index (χ0n) is 13.3. The summed E-state index contributed by atoms with van der Waals surface area (Å²) < 4.78 is 16.7. The molecule has 0 saturated heterocycles. The van der Waals surface area contributed by atoms with Crippen LogP contribution >= 0.6 is 0 Å². The van der Waals surface area contributed by atoms with Crippen LogP contribution in [0.2, 0.25) is 0 Å². The number of aliphatic hydroxyl groups excluding tert-OH is 1. The van der Waals surface area contributed by atoms with Gasteiger partial charge in [0.15, 0.2) is 0 Å². The van der Waals surface area contributed by atoms with Crippen molar-refractivity contribution in [3.63, 3.8) is 0 Å². The topological polar surface area (TPSA) is 65.0 Å². The van der Waals surface area contributed by atoms with Gasteiger partial charge in [0.1, 0.15) is 0 Å². The quantitative estimate of drug-likeness (QED) is 0.444. The Morgan fingerprint density at radius 1 is 1.23 bits per heavy atom. The molecule has 1 N–H and O–H groups in total. The second-order valence-electron chi connectivity index (χ2n) is 5.88. The summed E-state index contributed by atoms with van der Waals surface area (Å²) in [6.45, 7) is 6.61. The smallest absolute Gasteiger partial charge is 0.335 e. The molecule has 0 amide bonds. The molecule has 0 bridgehead atoms. The van der Waals surface area contributed by atoms with Crippen molar-refractivity contribution in [2.75, 3.05) is 0 Å². The van der Waals surface area contributed by atoms with Crippen LogP contribution in [-0.4, -0.2) is 23.2 Å². The van der Waals surface area contributed by atoms with Gasteiger partial charge in [-0.05, 0) is 44.8 Å². The lowest BCUT2D eigenvalue weighted by molar-refractivity contribution is -0.299. The summed E-state index contributed by atoms with van der Waals surface area (Å²) in [5.41, 5.74) is 0.210. The van der Waals surface area contributed by atoms with Gasteiger partial charge in [0, 0.05) is 25.3 Å². The van der Waals surface area contributed by atoms with Crippen molar-refractivity contribution >= 4 is 5.97 Å². The summed E-state index contributed by atoms with van der Waals surface area (Å²) in [7, 11) is 0. The first-order valence-corrected chi connectivity index (χ1v) is 7.71. The minimum Gasteiger partial charge on any atom is -0.452 e. The van der Waals surface area contributed by atoms with Gasteiger partial charge in [-0.25, -0.2) is 4.79 Å². The normalized spacial score (nSPS) is 19.2. The molecule has 0 radical (unpaired) electrons. The van der Waals surface area contributed by atoms with Crippen LogP contribution in [0.15, 0.2) is 35.8 Å². The minimum atomic E-state index is -1.54. The maximum Gasteiger partial charge on any atom is 0.335 e. The van der Waals surface area contributed by atoms with Crippen LogP contribution in [0.5, 0.6) is 0 Å². The molecule has 5 heteroatoms. The van der Waals surface area contributed by atoms with Gasteiger partial charge in [-0.2, -0.15) is 0 Å². The number of esters is 1. The maximum absolute atomic E-state index is 11.7. The second-order valence-corrected chi connectivity index (χ2v) is 5.88. The van der Waals surface area contributed by atoms with E-state index in [2.05, 4.69) is 6.58 Å². The predicted octanol–water partition coefficient (Wildman–Crippen LogP) is 3.31. The van der Waals surface area contributed by atoms with Gasteiger partial charge in [0.05, 0.1) is 11.5 Å². The van der Waals surface area contributed by atoms with Crippen LogP contribution in [0.4, 0.5) is 0 Å². The highest BCUT2D eigenvalue weighted by atomic mass is 16.8. The van der Waals surface area contributed by atoms with E-state index in [1.165, 1.54) is 6.92 Å². The number of ether oxygens (including phenoxy) is 3. The molecule has 1 atom stereocenters. The lowest BCUT2D eigenvalue weighted by atomic mass is 10.2. The summed E-state index contributed by atoms with van der Waals surface area (Å²) in [5.74, 6) is -0.623. The van der Waals surface area contributed by atoms with Crippen molar-refractivity contribution in [3.8, 4) is 0 Å². The Labute approximate surface area is 131 Å². The highest BCUT2D eigenvalue weighted by Crippen LogP contribution is 2.33. The van der Waals surface area contributed by atoms with E-state index >= 15 is 0 Å². The molecule has 0 fully saturated rings. The Hall–Kier alpha value is -1.75. The van der Waals surface area contributed by atoms with E-state index in [0.29, 0.717) is 0 Å². The first-order chi connectivity index (χ1) is 10.4. The molecule has 122 valence electrons. The number of aliphatic hydroxyl groups is 1. The van der Waals surface area contributed by atoms with Gasteiger partial charge < -0.3 is 19.3 Å². The maximum atomic E-state index is 11.7. The highest BCUT2D eigenvalue weighted by molar-refractivity contribution is 5.87. The van der Waals surface area contributed by atoms with Gasteiger partial charge in [-0.15, -0.1) is 0 Å². The number of rotatable bonds is 7. The average Bonchev–Trinajstić information content (AvgIpc) is 3.12. The largest absolute Gasteiger partial charge is 0.452 e. The van der Waals surface area contributed by atoms with Gasteiger partial charge in [-0.3, -0.25) is 0 Å². The first kappa shape index (κ1) is 16.6. The number of hydrogen-bond acceptors (Lipinski definition) is 5. The molecule has 0 heterocycles. The standard InChI is InChI=1S/C17H24O5/c1-12(2)15(18)20-16(19)17(3,21-13-8-4-5-9-13)22-14-10-6-7-11-14/h8,10,16,19H,1,4-7,9,11H2,2-3H3. The lowest BCUT2D eigenvalue weighted by Gasteiger charge is -2.35. The molecule has 5 nitrogen and oxygen atoms in total. The van der Waals surface area contributed by atoms with E-state index in [-0.39, 0.29) is 5.57 Å². The third-order valence-corrected chi connectivity index (χ3v) is 3.68. The molecule has 0 spiro atoms. The molecule has 2 rings (SSSR count). The second kappa shape index (κ2) is 7.01. The molecule has 0 aromatic rings. The zero-order valence-corrected chi connectivity index (χ0v) is 13.3. The summed E-state index contributed by atoms with van der Waals surface area (Å²) in [4.78, 5) is 11.7. The Bertz CT molecular complexity index is 477. The van der Waals surface area contributed by atoms with E-state index in [4.69, 9.17) is 14.2 Å². The first-order valence-electron chi connectivity index (χ1n) is 7.71. The molecular weight excluding hydrogens is 284 g/mol. The van der Waals surface area contributed by atoms with Crippen molar-refractivity contribution in [1.82, 2.24) is 0 Å². The Morgan fingerprint density at radius 3 is 2.09 bits per heavy atom. The van der Waals surface area contributed by atoms with E-state index in [1.807, 2.05) is 12.2 Å². The molecule has 0 aromatic heterocycles. The van der Waals surface area contributed by atoms with Crippen molar-refractivity contribution < 1.29 is 24.1 Å². The van der Waals surface area contributed by atoms with Crippen molar-refractivity contribution in [3.05, 3.63) is 35.8 Å². The monoisotopic (exact) mass is 308 g/mol. The number of carbonyl (C=O) groups excluding carboxylic acids is 1. The van der Waals surface area contributed by atoms with E-state index in [1.54, 1.807) is 6.92 Å². The Balaban J connectivity index is 2.11. The summed E-state index contributed by atoms with van der Waals surface area (Å²) >= 11 is 0. The van der Waals surface area contributed by atoms with Gasteiger partial charge in [0.25, 0.3) is 6.29 Å². The number of carbonyl (C=O) groups is 1. The zero-order chi connectivity index (χ0) is 16.2. The van der Waals surface area contributed by atoms with E-state index in [0.717, 1.165) is 50.0 Å². The van der Waals surface area contributed by atoms with Crippen LogP contribution in [-0.2, 0) is 19.0 Å². The minimum absolute atomic E-state index is 0.210. The van der Waals surface area contributed by atoms with Crippen LogP contribution in [0.3, 0.4) is 0 Å². The number of hydrogen-bond donors (Lipinski definition) is 1. The van der Waals surface area contributed by atoms with Crippen LogP contribution in [0.1, 0.15) is 52.4 Å². The molecule has 2 aliphatic rings. The summed E-state index contributed by atoms with van der Waals surface area (Å²) in [6.07, 6.45) is 7.88. The fraction of sp³-hybridized carbons (Fsp3) is 0.588. The highest BCUT2D eigenvalue weighted by Gasteiger charge is 2.42. The SMILES string of the molecule is C=C(C)C(=O)OC(O)C(C)(OC1=CCCC1)OC1=CCCC1. The molecule has 0 saturated carbocycles. The third-order valence-electron chi connectivity index (χ3n) is 3.68. The number of allylic oxidation sites excluding steroid dienone is 4. The van der Waals surface area contributed by atoms with Crippen LogP contribution in [0, 0.1) is 0 Å². The molecule has 0 aliphatic heterocycles. The van der Waals surface area contributed by atoms with E-state index < -0.39 is 18.0 Å². The lowest BCUT2D eigenvalue weighted by Crippen LogP contribution is -2.46. The predicted molar refractivity (Wildman–Crippen MR) is 81.4 cm³/mol. The third kappa shape index (κ3) is 4.13. The van der Waals surface area contributed by atoms with Gasteiger partial charge in [0.2, 0.25) is 0 Å². The van der Waals surface area contributed by atoms with Crippen molar-refractivity contribution in [2.45, 2.75) is 64.4 Å². The van der Waals surface area contributed by atoms with Gasteiger partial charge in [-0.1, -0.05) is 6.58 Å². The van der Waals surface area contributed by atoms with Crippen molar-refractivity contribution in [2.24, 2.45) is 0 Å².